The van der Waals surface area contributed by atoms with Crippen molar-refractivity contribution in [1.29, 1.82) is 0 Å². The molecule has 0 aliphatic carbocycles. The number of carbonyl (C=O) groups is 1. The van der Waals surface area contributed by atoms with Crippen molar-refractivity contribution >= 4 is 46.7 Å². The number of hydrogen-bond donors (Lipinski definition) is 1. The van der Waals surface area contributed by atoms with Crippen LogP contribution >= 0.6 is 23.4 Å². The molecule has 0 unspecified atom stereocenters. The first-order valence-electron chi connectivity index (χ1n) is 6.28. The molecule has 1 heterocycles. The number of benzene rings is 2. The van der Waals surface area contributed by atoms with Gasteiger partial charge >= 0.3 is 0 Å². The van der Waals surface area contributed by atoms with Crippen LogP contribution in [0.4, 0.5) is 11.4 Å². The highest BCUT2D eigenvalue weighted by molar-refractivity contribution is 8.04. The average molecular weight is 333 g/mol. The molecular weight excluding hydrogens is 324 g/mol. The average Bonchev–Trinajstić information content (AvgIpc) is 2.48. The number of nitro groups is 1. The molecule has 22 heavy (non-hydrogen) atoms. The van der Waals surface area contributed by atoms with E-state index in [1.807, 2.05) is 6.07 Å². The maximum absolute atomic E-state index is 12.1. The summed E-state index contributed by atoms with van der Waals surface area (Å²) in [5, 5.41) is 14.1. The number of amides is 1. The summed E-state index contributed by atoms with van der Waals surface area (Å²) in [6, 6.07) is 11.4. The predicted molar refractivity (Wildman–Crippen MR) is 87.0 cm³/mol. The van der Waals surface area contributed by atoms with Crippen molar-refractivity contribution in [1.82, 2.24) is 0 Å². The van der Waals surface area contributed by atoms with E-state index in [9.17, 15) is 14.9 Å². The minimum absolute atomic E-state index is 0.0113. The van der Waals surface area contributed by atoms with E-state index in [2.05, 4.69) is 5.32 Å². The number of nitrogens with zero attached hydrogens (tertiary/aromatic N) is 1. The fraction of sp³-hybridized carbons (Fsp3) is 0. The molecule has 3 rings (SSSR count). The molecule has 0 spiro atoms. The number of rotatable bonds is 2. The van der Waals surface area contributed by atoms with Crippen LogP contribution in [0.2, 0.25) is 5.02 Å². The molecule has 1 aliphatic rings. The van der Waals surface area contributed by atoms with Crippen molar-refractivity contribution < 1.29 is 9.72 Å². The van der Waals surface area contributed by atoms with Crippen molar-refractivity contribution in [3.8, 4) is 0 Å². The first-order valence-corrected chi connectivity index (χ1v) is 7.47. The fourth-order valence-electron chi connectivity index (χ4n) is 2.01. The summed E-state index contributed by atoms with van der Waals surface area (Å²) < 4.78 is 0. The van der Waals surface area contributed by atoms with Crippen molar-refractivity contribution in [3.63, 3.8) is 0 Å². The first kappa shape index (κ1) is 14.6. The van der Waals surface area contributed by atoms with Gasteiger partial charge in [0.2, 0.25) is 0 Å². The molecule has 0 aromatic heterocycles. The Labute approximate surface area is 135 Å². The van der Waals surface area contributed by atoms with Crippen molar-refractivity contribution in [3.05, 3.63) is 68.1 Å². The van der Waals surface area contributed by atoms with Crippen molar-refractivity contribution in [2.75, 3.05) is 5.32 Å². The second-order valence-electron chi connectivity index (χ2n) is 4.56. The fourth-order valence-corrected chi connectivity index (χ4v) is 3.12. The van der Waals surface area contributed by atoms with E-state index in [1.54, 1.807) is 30.3 Å². The lowest BCUT2D eigenvalue weighted by atomic mass is 10.2. The molecule has 1 amide bonds. The Kier molecular flexibility index (Phi) is 3.87. The summed E-state index contributed by atoms with van der Waals surface area (Å²) >= 11 is 7.20. The van der Waals surface area contributed by atoms with Gasteiger partial charge in [0.25, 0.3) is 11.6 Å². The number of nitro benzene ring substituents is 1. The van der Waals surface area contributed by atoms with Gasteiger partial charge in [-0.25, -0.2) is 0 Å². The van der Waals surface area contributed by atoms with Crippen LogP contribution in [0.25, 0.3) is 6.08 Å². The van der Waals surface area contributed by atoms with Gasteiger partial charge in [-0.15, -0.1) is 0 Å². The largest absolute Gasteiger partial charge is 0.320 e. The van der Waals surface area contributed by atoms with E-state index in [-0.39, 0.29) is 11.6 Å². The summed E-state index contributed by atoms with van der Waals surface area (Å²) in [6.07, 6.45) is 1.63. The molecule has 1 aliphatic heterocycles. The Morgan fingerprint density at radius 2 is 2.05 bits per heavy atom. The van der Waals surface area contributed by atoms with Crippen LogP contribution in [-0.2, 0) is 4.79 Å². The molecule has 5 nitrogen and oxygen atoms in total. The highest BCUT2D eigenvalue weighted by atomic mass is 35.5. The van der Waals surface area contributed by atoms with Crippen LogP contribution in [0, 0.1) is 10.1 Å². The highest BCUT2D eigenvalue weighted by Gasteiger charge is 2.21. The Morgan fingerprint density at radius 1 is 1.23 bits per heavy atom. The summed E-state index contributed by atoms with van der Waals surface area (Å²) in [4.78, 5) is 23.8. The van der Waals surface area contributed by atoms with Gasteiger partial charge in [0.05, 0.1) is 15.5 Å². The molecule has 2 aromatic rings. The number of fused-ring (bicyclic) bond motifs is 1. The molecule has 0 bridgehead atoms. The van der Waals surface area contributed by atoms with Gasteiger partial charge in [0.1, 0.15) is 0 Å². The number of thioether (sulfide) groups is 1. The zero-order valence-electron chi connectivity index (χ0n) is 11.1. The third-order valence-electron chi connectivity index (χ3n) is 3.01. The second kappa shape index (κ2) is 5.82. The Morgan fingerprint density at radius 3 is 2.82 bits per heavy atom. The number of hydrogen-bond acceptors (Lipinski definition) is 4. The van der Waals surface area contributed by atoms with E-state index in [4.69, 9.17) is 11.6 Å². The van der Waals surface area contributed by atoms with E-state index >= 15 is 0 Å². The monoisotopic (exact) mass is 332 g/mol. The third kappa shape index (κ3) is 2.98. The number of halogens is 1. The molecule has 7 heteroatoms. The highest BCUT2D eigenvalue weighted by Crippen LogP contribution is 2.40. The number of anilines is 1. The molecule has 0 saturated heterocycles. The van der Waals surface area contributed by atoms with Crippen molar-refractivity contribution in [2.45, 2.75) is 4.90 Å². The van der Waals surface area contributed by atoms with Crippen LogP contribution in [-0.4, -0.2) is 10.8 Å². The number of non-ortho nitro benzene ring substituents is 1. The normalized spacial score (nSPS) is 15.3. The topological polar surface area (TPSA) is 72.2 Å². The lowest BCUT2D eigenvalue weighted by Crippen LogP contribution is -2.17. The van der Waals surface area contributed by atoms with Crippen molar-refractivity contribution in [2.24, 2.45) is 0 Å². The standard InChI is InChI=1S/C15H9ClN2O3S/c16-10-4-5-13-12(8-10)17-15(19)14(22-13)7-9-2-1-3-11(6-9)18(20)21/h1-8H,(H,17,19). The summed E-state index contributed by atoms with van der Waals surface area (Å²) in [7, 11) is 0. The third-order valence-corrected chi connectivity index (χ3v) is 4.35. The SMILES string of the molecule is O=C1Nc2cc(Cl)ccc2SC1=Cc1cccc([N+](=O)[O-])c1. The van der Waals surface area contributed by atoms with Gasteiger partial charge in [0.15, 0.2) is 0 Å². The predicted octanol–water partition coefficient (Wildman–Crippen LogP) is 4.33. The van der Waals surface area contributed by atoms with E-state index < -0.39 is 4.92 Å². The Balaban J connectivity index is 1.95. The van der Waals surface area contributed by atoms with Gasteiger partial charge in [-0.05, 0) is 29.8 Å². The van der Waals surface area contributed by atoms with Crippen LogP contribution in [0.1, 0.15) is 5.56 Å². The van der Waals surface area contributed by atoms with Gasteiger partial charge in [0, 0.05) is 22.1 Å². The summed E-state index contributed by atoms with van der Waals surface area (Å²) in [5.41, 5.74) is 1.26. The maximum Gasteiger partial charge on any atom is 0.270 e. The van der Waals surface area contributed by atoms with E-state index in [0.717, 1.165) is 4.90 Å². The zero-order valence-corrected chi connectivity index (χ0v) is 12.6. The van der Waals surface area contributed by atoms with Crippen LogP contribution in [0.5, 0.6) is 0 Å². The number of nitrogens with one attached hydrogen (secondary N) is 1. The van der Waals surface area contributed by atoms with Gasteiger partial charge in [-0.3, -0.25) is 14.9 Å². The minimum atomic E-state index is -0.465. The van der Waals surface area contributed by atoms with Crippen LogP contribution in [0.15, 0.2) is 52.3 Å². The number of carbonyl (C=O) groups excluding carboxylic acids is 1. The van der Waals surface area contributed by atoms with Crippen LogP contribution < -0.4 is 5.32 Å². The second-order valence-corrected chi connectivity index (χ2v) is 6.08. The quantitative estimate of drug-likeness (QED) is 0.504. The van der Waals surface area contributed by atoms with Gasteiger partial charge in [-0.1, -0.05) is 35.5 Å². The molecule has 0 atom stereocenters. The smallest absolute Gasteiger partial charge is 0.270 e. The Bertz CT molecular complexity index is 820. The molecule has 110 valence electrons. The summed E-state index contributed by atoms with van der Waals surface area (Å²) in [6.45, 7) is 0. The van der Waals surface area contributed by atoms with Gasteiger partial charge in [-0.2, -0.15) is 0 Å². The minimum Gasteiger partial charge on any atom is -0.320 e. The molecule has 0 saturated carbocycles. The van der Waals surface area contributed by atoms with Crippen LogP contribution in [0.3, 0.4) is 0 Å². The van der Waals surface area contributed by atoms with Gasteiger partial charge < -0.3 is 5.32 Å². The zero-order chi connectivity index (χ0) is 15.7. The lowest BCUT2D eigenvalue weighted by Gasteiger charge is -2.18. The maximum atomic E-state index is 12.1. The van der Waals surface area contributed by atoms with E-state index in [0.29, 0.717) is 21.2 Å². The molecular formula is C15H9ClN2O3S. The summed E-state index contributed by atoms with van der Waals surface area (Å²) in [5.74, 6) is -0.258. The van der Waals surface area contributed by atoms with E-state index in [1.165, 1.54) is 23.9 Å². The molecule has 0 radical (unpaired) electrons. The molecule has 1 N–H and O–H groups in total. The molecule has 2 aromatic carbocycles. The lowest BCUT2D eigenvalue weighted by molar-refractivity contribution is -0.384. The Hall–Kier alpha value is -2.31. The first-order chi connectivity index (χ1) is 10.5. The molecule has 0 fully saturated rings.